The van der Waals surface area contributed by atoms with E-state index in [2.05, 4.69) is 0 Å². The van der Waals surface area contributed by atoms with Crippen LogP contribution < -0.4 is 0 Å². The van der Waals surface area contributed by atoms with Crippen molar-refractivity contribution in [3.8, 4) is 0 Å². The van der Waals surface area contributed by atoms with Crippen LogP contribution in [0.3, 0.4) is 0 Å². The maximum Gasteiger partial charge on any atom is 0.329 e. The van der Waals surface area contributed by atoms with Crippen LogP contribution in [0.4, 0.5) is 0 Å². The van der Waals surface area contributed by atoms with Crippen molar-refractivity contribution in [2.75, 3.05) is 6.61 Å². The normalized spacial score (nSPS) is 6.17. The number of aliphatic hydroxyl groups is 1. The molecule has 0 aromatic heterocycles. The summed E-state index contributed by atoms with van der Waals surface area (Å²) >= 11 is 0. The Hall–Kier alpha value is 0.170. The average molecular weight is 169 g/mol. The fourth-order valence-electron chi connectivity index (χ4n) is 0. The Labute approximate surface area is 50.5 Å². The van der Waals surface area contributed by atoms with E-state index in [0.29, 0.717) is 0 Å². The van der Waals surface area contributed by atoms with Crippen molar-refractivity contribution in [3.63, 3.8) is 0 Å². The average Bonchev–Trinajstić information content (AvgIpc) is 1.38. The van der Waals surface area contributed by atoms with Crippen molar-refractivity contribution >= 4 is 5.97 Å². The molecule has 0 saturated heterocycles. The number of carboxylic acid groups (broad SMARTS) is 1. The van der Waals surface area contributed by atoms with Gasteiger partial charge in [0.25, 0.3) is 0 Å². The van der Waals surface area contributed by atoms with E-state index in [9.17, 15) is 0 Å². The number of hydrogen-bond donors (Lipinski definition) is 2. The van der Waals surface area contributed by atoms with Gasteiger partial charge in [0.1, 0.15) is 6.61 Å². The second-order valence-electron chi connectivity index (χ2n) is 0.552. The first-order valence-corrected chi connectivity index (χ1v) is 1.10. The molecule has 6 heavy (non-hydrogen) atoms. The molecule has 0 fully saturated rings. The monoisotopic (exact) mass is 169 g/mol. The molecule has 0 aromatic carbocycles. The van der Waals surface area contributed by atoms with Crippen molar-refractivity contribution in [1.29, 1.82) is 0 Å². The predicted molar refractivity (Wildman–Crippen MR) is 14.7 cm³/mol. The van der Waals surface area contributed by atoms with Crippen molar-refractivity contribution in [2.24, 2.45) is 0 Å². The minimum Gasteiger partial charge on any atom is -0.480 e. The molecule has 0 aliphatic heterocycles. The van der Waals surface area contributed by atoms with Crippen LogP contribution in [0.15, 0.2) is 0 Å². The third-order valence-corrected chi connectivity index (χ3v) is 0.135. The molecule has 0 aromatic rings. The van der Waals surface area contributed by atoms with Crippen LogP contribution in [-0.4, -0.2) is 22.8 Å². The number of carbonyl (C=O) groups is 1. The van der Waals surface area contributed by atoms with Crippen LogP contribution in [0, 0.1) is 0 Å². The number of rotatable bonds is 1. The molecule has 0 rings (SSSR count). The fourth-order valence-corrected chi connectivity index (χ4v) is 0. The van der Waals surface area contributed by atoms with Gasteiger partial charge in [0.05, 0.1) is 0 Å². The maximum absolute atomic E-state index is 9.12. The van der Waals surface area contributed by atoms with Crippen LogP contribution in [0.5, 0.6) is 0 Å². The molecule has 0 amide bonds. The van der Waals surface area contributed by atoms with Gasteiger partial charge in [0.15, 0.2) is 0 Å². The van der Waals surface area contributed by atoms with E-state index in [-0.39, 0.29) is 22.4 Å². The summed E-state index contributed by atoms with van der Waals surface area (Å²) in [6.45, 7) is -0.778. The zero-order chi connectivity index (χ0) is 4.28. The summed E-state index contributed by atoms with van der Waals surface area (Å²) in [7, 11) is 0. The van der Waals surface area contributed by atoms with Crippen molar-refractivity contribution < 1.29 is 37.4 Å². The second-order valence-corrected chi connectivity index (χ2v) is 0.552. The van der Waals surface area contributed by atoms with Gasteiger partial charge in [0.2, 0.25) is 0 Å². The largest absolute Gasteiger partial charge is 0.480 e. The van der Waals surface area contributed by atoms with Gasteiger partial charge in [-0.05, 0) is 0 Å². The van der Waals surface area contributed by atoms with E-state index in [1.165, 1.54) is 0 Å². The van der Waals surface area contributed by atoms with E-state index >= 15 is 0 Å². The van der Waals surface area contributed by atoms with Crippen molar-refractivity contribution in [2.45, 2.75) is 0 Å². The molecular weight excluding hydrogens is 165 g/mol. The van der Waals surface area contributed by atoms with E-state index in [1.807, 2.05) is 0 Å². The molecule has 0 aliphatic carbocycles. The third kappa shape index (κ3) is 8.90. The molecule has 0 unspecified atom stereocenters. The zero-order valence-corrected chi connectivity index (χ0v) is 5.16. The first-order chi connectivity index (χ1) is 2.27. The van der Waals surface area contributed by atoms with Gasteiger partial charge in [-0.1, -0.05) is 0 Å². The zero-order valence-electron chi connectivity index (χ0n) is 2.96. The van der Waals surface area contributed by atoms with Gasteiger partial charge in [-0.25, -0.2) is 4.79 Å². The van der Waals surface area contributed by atoms with E-state index < -0.39 is 12.6 Å². The number of aliphatic carboxylic acids is 1. The summed E-state index contributed by atoms with van der Waals surface area (Å²) in [5, 5.41) is 15.0. The van der Waals surface area contributed by atoms with Gasteiger partial charge >= 0.3 is 5.97 Å². The van der Waals surface area contributed by atoms with Gasteiger partial charge < -0.3 is 10.2 Å². The molecule has 0 heterocycles. The second kappa shape index (κ2) is 5.17. The van der Waals surface area contributed by atoms with E-state index in [1.54, 1.807) is 0 Å². The molecule has 0 bridgehead atoms. The van der Waals surface area contributed by atoms with Crippen molar-refractivity contribution in [3.05, 3.63) is 0 Å². The molecule has 1 radical (unpaired) electrons. The molecule has 0 saturated carbocycles. The minimum absolute atomic E-state index is 0. The van der Waals surface area contributed by atoms with Gasteiger partial charge in [0, 0.05) is 22.4 Å². The molecule has 0 atom stereocenters. The smallest absolute Gasteiger partial charge is 0.329 e. The van der Waals surface area contributed by atoms with Gasteiger partial charge in [-0.15, -0.1) is 0 Å². The van der Waals surface area contributed by atoms with E-state index in [4.69, 9.17) is 15.0 Å². The van der Waals surface area contributed by atoms with Crippen LogP contribution >= 0.6 is 0 Å². The molecule has 3 nitrogen and oxygen atoms in total. The molecule has 2 N–H and O–H groups in total. The van der Waals surface area contributed by atoms with E-state index in [0.717, 1.165) is 0 Å². The number of aliphatic hydroxyl groups excluding tert-OH is 1. The van der Waals surface area contributed by atoms with Crippen molar-refractivity contribution in [1.82, 2.24) is 0 Å². The topological polar surface area (TPSA) is 57.5 Å². The quantitative estimate of drug-likeness (QED) is 0.498. The standard InChI is InChI=1S/C2H4O3.Nb/c3-1-2(4)5;/h3H,1H2,(H,4,5);. The summed E-state index contributed by atoms with van der Waals surface area (Å²) in [5.41, 5.74) is 0. The summed E-state index contributed by atoms with van der Waals surface area (Å²) < 4.78 is 0. The molecular formula is C2H4NbO3. The molecule has 4 heteroatoms. The van der Waals surface area contributed by atoms with Gasteiger partial charge in [-0.2, -0.15) is 0 Å². The Morgan fingerprint density at radius 2 is 1.83 bits per heavy atom. The summed E-state index contributed by atoms with van der Waals surface area (Å²) in [5.74, 6) is -1.19. The third-order valence-electron chi connectivity index (χ3n) is 0.135. The number of carboxylic acids is 1. The van der Waals surface area contributed by atoms with Crippen LogP contribution in [0.1, 0.15) is 0 Å². The predicted octanol–water partition coefficient (Wildman–Crippen LogP) is -0.939. The maximum atomic E-state index is 9.12. The fraction of sp³-hybridized carbons (Fsp3) is 0.500. The minimum atomic E-state index is -1.19. The Bertz CT molecular complexity index is 44.1. The summed E-state index contributed by atoms with van der Waals surface area (Å²) in [6.07, 6.45) is 0. The Balaban J connectivity index is 0. The van der Waals surface area contributed by atoms with Crippen LogP contribution in [-0.2, 0) is 27.2 Å². The molecule has 35 valence electrons. The number of hydrogen-bond acceptors (Lipinski definition) is 2. The molecule has 0 spiro atoms. The Morgan fingerprint density at radius 3 is 1.83 bits per heavy atom. The first-order valence-electron chi connectivity index (χ1n) is 1.10. The first kappa shape index (κ1) is 9.48. The Kier molecular flexibility index (Phi) is 8.17. The molecule has 0 aliphatic rings. The van der Waals surface area contributed by atoms with Crippen LogP contribution in [0.2, 0.25) is 0 Å². The van der Waals surface area contributed by atoms with Crippen LogP contribution in [0.25, 0.3) is 0 Å². The Morgan fingerprint density at radius 1 is 1.67 bits per heavy atom. The van der Waals surface area contributed by atoms with Gasteiger partial charge in [-0.3, -0.25) is 0 Å². The summed E-state index contributed by atoms with van der Waals surface area (Å²) in [6, 6.07) is 0. The summed E-state index contributed by atoms with van der Waals surface area (Å²) in [4.78, 5) is 9.12. The SMILES string of the molecule is O=C(O)CO.[Nb].